The molecular weight excluding hydrogens is 314 g/mol. The molecule has 0 bridgehead atoms. The van der Waals surface area contributed by atoms with E-state index in [0.29, 0.717) is 0 Å². The molecule has 0 heterocycles. The predicted molar refractivity (Wildman–Crippen MR) is 117 cm³/mol. The molecular formula is C25H25N. The quantitative estimate of drug-likeness (QED) is 0.372. The molecule has 4 aromatic carbocycles. The molecule has 0 amide bonds. The topological polar surface area (TPSA) is 3.24 Å². The molecule has 0 saturated carbocycles. The molecule has 4 aromatic rings. The van der Waals surface area contributed by atoms with Gasteiger partial charge in [0.1, 0.15) is 0 Å². The molecule has 0 aliphatic heterocycles. The van der Waals surface area contributed by atoms with Crippen LogP contribution in [0.15, 0.2) is 91.5 Å². The van der Waals surface area contributed by atoms with Gasteiger partial charge >= 0.3 is 0 Å². The molecule has 0 radical (unpaired) electrons. The SMILES string of the molecule is C=Cc1ccccc1.CCN(C)c1cccc2c1ccc1ccccc12. The molecule has 0 atom stereocenters. The van der Waals surface area contributed by atoms with E-state index in [4.69, 9.17) is 0 Å². The minimum atomic E-state index is 1.02. The van der Waals surface area contributed by atoms with Crippen molar-refractivity contribution in [1.82, 2.24) is 0 Å². The van der Waals surface area contributed by atoms with Crippen molar-refractivity contribution < 1.29 is 0 Å². The monoisotopic (exact) mass is 339 g/mol. The Morgan fingerprint density at radius 2 is 1.42 bits per heavy atom. The van der Waals surface area contributed by atoms with Gasteiger partial charge in [0, 0.05) is 24.7 Å². The first-order valence-corrected chi connectivity index (χ1v) is 9.03. The van der Waals surface area contributed by atoms with Crippen molar-refractivity contribution in [3.8, 4) is 0 Å². The third-order valence-electron chi connectivity index (χ3n) is 4.68. The lowest BCUT2D eigenvalue weighted by Gasteiger charge is -2.19. The first-order chi connectivity index (χ1) is 12.7. The van der Waals surface area contributed by atoms with E-state index in [0.717, 1.165) is 6.54 Å². The highest BCUT2D eigenvalue weighted by molar-refractivity contribution is 6.11. The Balaban J connectivity index is 0.000000206. The van der Waals surface area contributed by atoms with Crippen molar-refractivity contribution in [2.75, 3.05) is 18.5 Å². The summed E-state index contributed by atoms with van der Waals surface area (Å²) in [6.07, 6.45) is 1.83. The molecule has 0 fully saturated rings. The number of hydrogen-bond donors (Lipinski definition) is 0. The first-order valence-electron chi connectivity index (χ1n) is 9.03. The zero-order valence-electron chi connectivity index (χ0n) is 15.5. The van der Waals surface area contributed by atoms with Gasteiger partial charge in [-0.1, -0.05) is 91.5 Å². The number of anilines is 1. The largest absolute Gasteiger partial charge is 0.374 e. The van der Waals surface area contributed by atoms with E-state index >= 15 is 0 Å². The van der Waals surface area contributed by atoms with E-state index in [2.05, 4.69) is 80.0 Å². The summed E-state index contributed by atoms with van der Waals surface area (Å²) in [6, 6.07) is 29.6. The van der Waals surface area contributed by atoms with Crippen LogP contribution in [0.1, 0.15) is 12.5 Å². The Morgan fingerprint density at radius 1 is 0.731 bits per heavy atom. The molecule has 26 heavy (non-hydrogen) atoms. The van der Waals surface area contributed by atoms with Gasteiger partial charge < -0.3 is 4.90 Å². The van der Waals surface area contributed by atoms with Gasteiger partial charge in [-0.05, 0) is 34.7 Å². The zero-order valence-corrected chi connectivity index (χ0v) is 15.5. The van der Waals surface area contributed by atoms with Crippen LogP contribution in [-0.2, 0) is 0 Å². The van der Waals surface area contributed by atoms with Crippen molar-refractivity contribution in [1.29, 1.82) is 0 Å². The van der Waals surface area contributed by atoms with Crippen molar-refractivity contribution in [3.63, 3.8) is 0 Å². The minimum Gasteiger partial charge on any atom is -0.374 e. The summed E-state index contributed by atoms with van der Waals surface area (Å²) in [7, 11) is 2.14. The van der Waals surface area contributed by atoms with Gasteiger partial charge in [-0.25, -0.2) is 0 Å². The number of rotatable bonds is 3. The lowest BCUT2D eigenvalue weighted by atomic mass is 10.0. The van der Waals surface area contributed by atoms with E-state index in [1.807, 2.05) is 36.4 Å². The summed E-state index contributed by atoms with van der Waals surface area (Å²) in [4.78, 5) is 2.29. The smallest absolute Gasteiger partial charge is 0.0443 e. The minimum absolute atomic E-state index is 1.02. The van der Waals surface area contributed by atoms with Crippen molar-refractivity contribution in [3.05, 3.63) is 97.1 Å². The summed E-state index contributed by atoms with van der Waals surface area (Å²) in [6.45, 7) is 6.83. The van der Waals surface area contributed by atoms with Gasteiger partial charge in [0.05, 0.1) is 0 Å². The Bertz CT molecular complexity index is 1000. The molecule has 0 aliphatic rings. The standard InChI is InChI=1S/C17H17N.C8H8/c1-3-18(2)17-10-6-9-15-14-8-5-4-7-13(14)11-12-16(15)17;1-2-8-6-4-3-5-7-8/h4-12H,3H2,1-2H3;2-7H,1H2. The van der Waals surface area contributed by atoms with Crippen LogP contribution < -0.4 is 4.90 Å². The van der Waals surface area contributed by atoms with Crippen LogP contribution >= 0.6 is 0 Å². The van der Waals surface area contributed by atoms with Crippen LogP contribution in [0.2, 0.25) is 0 Å². The molecule has 1 heteroatoms. The maximum Gasteiger partial charge on any atom is 0.0443 e. The van der Waals surface area contributed by atoms with E-state index in [1.54, 1.807) is 0 Å². The molecule has 4 rings (SSSR count). The van der Waals surface area contributed by atoms with Gasteiger partial charge in [-0.15, -0.1) is 0 Å². The Labute approximate surface area is 156 Å². The Kier molecular flexibility index (Phi) is 5.70. The Hall–Kier alpha value is -3.06. The van der Waals surface area contributed by atoms with Crippen LogP contribution in [0.4, 0.5) is 5.69 Å². The summed E-state index contributed by atoms with van der Waals surface area (Å²) < 4.78 is 0. The molecule has 0 aromatic heterocycles. The van der Waals surface area contributed by atoms with Crippen LogP contribution in [0, 0.1) is 0 Å². The molecule has 130 valence electrons. The van der Waals surface area contributed by atoms with Gasteiger partial charge in [0.2, 0.25) is 0 Å². The second-order valence-corrected chi connectivity index (χ2v) is 6.29. The summed E-state index contributed by atoms with van der Waals surface area (Å²) in [5, 5.41) is 5.31. The summed E-state index contributed by atoms with van der Waals surface area (Å²) in [5.74, 6) is 0. The van der Waals surface area contributed by atoms with Gasteiger partial charge in [0.25, 0.3) is 0 Å². The fraction of sp³-hybridized carbons (Fsp3) is 0.120. The summed E-state index contributed by atoms with van der Waals surface area (Å²) in [5.41, 5.74) is 2.48. The molecule has 0 unspecified atom stereocenters. The van der Waals surface area contributed by atoms with E-state index < -0.39 is 0 Å². The molecule has 0 aliphatic carbocycles. The Morgan fingerprint density at radius 3 is 2.12 bits per heavy atom. The van der Waals surface area contributed by atoms with E-state index in [-0.39, 0.29) is 0 Å². The fourth-order valence-electron chi connectivity index (χ4n) is 3.12. The zero-order chi connectivity index (χ0) is 18.4. The summed E-state index contributed by atoms with van der Waals surface area (Å²) >= 11 is 0. The lowest BCUT2D eigenvalue weighted by molar-refractivity contribution is 0.974. The van der Waals surface area contributed by atoms with E-state index in [1.165, 1.54) is 32.8 Å². The van der Waals surface area contributed by atoms with Gasteiger partial charge in [0.15, 0.2) is 0 Å². The van der Waals surface area contributed by atoms with Gasteiger partial charge in [-0.3, -0.25) is 0 Å². The maximum atomic E-state index is 3.63. The highest BCUT2D eigenvalue weighted by atomic mass is 15.1. The third-order valence-corrected chi connectivity index (χ3v) is 4.68. The number of hydrogen-bond acceptors (Lipinski definition) is 1. The van der Waals surface area contributed by atoms with Crippen molar-refractivity contribution in [2.45, 2.75) is 6.92 Å². The second kappa shape index (κ2) is 8.35. The third kappa shape index (κ3) is 3.78. The van der Waals surface area contributed by atoms with Crippen LogP contribution in [0.25, 0.3) is 27.6 Å². The second-order valence-electron chi connectivity index (χ2n) is 6.29. The van der Waals surface area contributed by atoms with E-state index in [9.17, 15) is 0 Å². The van der Waals surface area contributed by atoms with Crippen LogP contribution in [0.5, 0.6) is 0 Å². The molecule has 0 N–H and O–H groups in total. The number of nitrogens with zero attached hydrogens (tertiary/aromatic N) is 1. The number of benzene rings is 4. The molecule has 1 nitrogen and oxygen atoms in total. The highest BCUT2D eigenvalue weighted by Gasteiger charge is 2.06. The van der Waals surface area contributed by atoms with Crippen molar-refractivity contribution >= 4 is 33.3 Å². The maximum absolute atomic E-state index is 3.63. The van der Waals surface area contributed by atoms with Crippen LogP contribution in [-0.4, -0.2) is 13.6 Å². The average molecular weight is 339 g/mol. The molecule has 0 saturated heterocycles. The normalized spacial score (nSPS) is 10.2. The fourth-order valence-corrected chi connectivity index (χ4v) is 3.12. The highest BCUT2D eigenvalue weighted by Crippen LogP contribution is 2.31. The lowest BCUT2D eigenvalue weighted by Crippen LogP contribution is -2.15. The van der Waals surface area contributed by atoms with Gasteiger partial charge in [-0.2, -0.15) is 0 Å². The predicted octanol–water partition coefficient (Wildman–Crippen LogP) is 6.78. The average Bonchev–Trinajstić information content (AvgIpc) is 2.73. The van der Waals surface area contributed by atoms with Crippen LogP contribution in [0.3, 0.4) is 0 Å². The van der Waals surface area contributed by atoms with Crippen molar-refractivity contribution in [2.24, 2.45) is 0 Å². The first kappa shape index (κ1) is 17.8. The molecule has 0 spiro atoms. The number of fused-ring (bicyclic) bond motifs is 3.